The number of rotatable bonds is 6. The number of ether oxygens (including phenoxy) is 2. The topological polar surface area (TPSA) is 77.8 Å². The Hall–Kier alpha value is -3.28. The molecule has 0 fully saturated rings. The van der Waals surface area contributed by atoms with E-state index >= 15 is 0 Å². The Bertz CT molecular complexity index is 1020. The number of nitrogens with one attached hydrogen (secondary N) is 1. The summed E-state index contributed by atoms with van der Waals surface area (Å²) in [6.45, 7) is 4.23. The lowest BCUT2D eigenvalue weighted by molar-refractivity contribution is 0.0941. The highest BCUT2D eigenvalue weighted by Crippen LogP contribution is 2.24. The number of fused-ring (bicyclic) bond motifs is 1. The van der Waals surface area contributed by atoms with E-state index in [-0.39, 0.29) is 17.5 Å². The highest BCUT2D eigenvalue weighted by atomic mass is 16.5. The van der Waals surface area contributed by atoms with Crippen molar-refractivity contribution in [1.29, 1.82) is 0 Å². The lowest BCUT2D eigenvalue weighted by atomic mass is 10.1. The van der Waals surface area contributed by atoms with Gasteiger partial charge in [-0.05, 0) is 43.7 Å². The molecular weight excluding hydrogens is 346 g/mol. The summed E-state index contributed by atoms with van der Waals surface area (Å²) in [7, 11) is 1.59. The highest BCUT2D eigenvalue weighted by Gasteiger charge is 2.17. The van der Waals surface area contributed by atoms with E-state index in [0.29, 0.717) is 29.1 Å². The first-order valence-electron chi connectivity index (χ1n) is 8.67. The molecule has 3 aromatic rings. The minimum atomic E-state index is -0.588. The largest absolute Gasteiger partial charge is 0.497 e. The Labute approximate surface area is 156 Å². The number of hydrogen-bond donors (Lipinski definition) is 1. The van der Waals surface area contributed by atoms with Crippen LogP contribution in [0.15, 0.2) is 57.7 Å². The zero-order valence-electron chi connectivity index (χ0n) is 15.4. The van der Waals surface area contributed by atoms with Crippen molar-refractivity contribution in [3.8, 4) is 11.5 Å². The molecule has 0 bridgehead atoms. The fourth-order valence-corrected chi connectivity index (χ4v) is 2.86. The highest BCUT2D eigenvalue weighted by molar-refractivity contribution is 6.05. The van der Waals surface area contributed by atoms with Crippen molar-refractivity contribution in [2.75, 3.05) is 13.7 Å². The molecular formula is C21H21NO5. The van der Waals surface area contributed by atoms with Crippen LogP contribution in [-0.2, 0) is 0 Å². The number of benzene rings is 2. The fraction of sp³-hybridized carbons (Fsp3) is 0.238. The van der Waals surface area contributed by atoms with E-state index in [1.165, 1.54) is 6.07 Å². The smallest absolute Gasteiger partial charge is 0.337 e. The first kappa shape index (κ1) is 18.5. The van der Waals surface area contributed by atoms with E-state index < -0.39 is 5.63 Å². The molecule has 6 heteroatoms. The number of amides is 1. The molecule has 0 saturated heterocycles. The number of carbonyl (C=O) groups is 1. The summed E-state index contributed by atoms with van der Waals surface area (Å²) >= 11 is 0. The minimum Gasteiger partial charge on any atom is -0.497 e. The molecule has 1 atom stereocenters. The maximum atomic E-state index is 12.8. The van der Waals surface area contributed by atoms with Gasteiger partial charge in [-0.15, -0.1) is 0 Å². The van der Waals surface area contributed by atoms with Crippen molar-refractivity contribution < 1.29 is 18.7 Å². The van der Waals surface area contributed by atoms with Gasteiger partial charge in [-0.25, -0.2) is 4.79 Å². The molecule has 0 aliphatic rings. The van der Waals surface area contributed by atoms with Gasteiger partial charge in [-0.2, -0.15) is 0 Å². The van der Waals surface area contributed by atoms with Gasteiger partial charge in [-0.3, -0.25) is 4.79 Å². The van der Waals surface area contributed by atoms with E-state index in [1.54, 1.807) is 25.3 Å². The third-order valence-corrected chi connectivity index (χ3v) is 4.21. The summed E-state index contributed by atoms with van der Waals surface area (Å²) in [5, 5.41) is 3.47. The van der Waals surface area contributed by atoms with Crippen LogP contribution >= 0.6 is 0 Å². The first-order valence-corrected chi connectivity index (χ1v) is 8.67. The molecule has 0 radical (unpaired) electrons. The van der Waals surface area contributed by atoms with E-state index in [2.05, 4.69) is 5.32 Å². The summed E-state index contributed by atoms with van der Waals surface area (Å²) in [6.07, 6.45) is 0. The van der Waals surface area contributed by atoms with Crippen LogP contribution in [0.2, 0.25) is 0 Å². The molecule has 2 aromatic carbocycles. The molecule has 0 aliphatic carbocycles. The van der Waals surface area contributed by atoms with Crippen LogP contribution in [0.4, 0.5) is 0 Å². The summed E-state index contributed by atoms with van der Waals surface area (Å²) < 4.78 is 15.9. The molecule has 140 valence electrons. The SMILES string of the molecule is CCOc1ccc2c(C(=O)NC(C)c3cccc(OC)c3)cc(=O)oc2c1. The standard InChI is InChI=1S/C21H21NO5/c1-4-26-16-8-9-17-18(12-20(23)27-19(17)11-16)21(24)22-13(2)14-6-5-7-15(10-14)25-3/h5-13H,4H2,1-3H3,(H,22,24). The van der Waals surface area contributed by atoms with Crippen LogP contribution < -0.4 is 20.4 Å². The lowest BCUT2D eigenvalue weighted by Crippen LogP contribution is -2.27. The molecule has 0 spiro atoms. The predicted octanol–water partition coefficient (Wildman–Crippen LogP) is 3.69. The normalized spacial score (nSPS) is 11.8. The van der Waals surface area contributed by atoms with Gasteiger partial charge >= 0.3 is 5.63 Å². The summed E-state index contributed by atoms with van der Waals surface area (Å²) in [4.78, 5) is 24.7. The van der Waals surface area contributed by atoms with E-state index in [1.807, 2.05) is 38.1 Å². The average molecular weight is 367 g/mol. The predicted molar refractivity (Wildman–Crippen MR) is 103 cm³/mol. The number of hydrogen-bond acceptors (Lipinski definition) is 5. The van der Waals surface area contributed by atoms with Crippen molar-refractivity contribution in [1.82, 2.24) is 5.32 Å². The zero-order valence-corrected chi connectivity index (χ0v) is 15.4. The van der Waals surface area contributed by atoms with Gasteiger partial charge in [0.15, 0.2) is 0 Å². The Morgan fingerprint density at radius 3 is 2.70 bits per heavy atom. The van der Waals surface area contributed by atoms with E-state index in [9.17, 15) is 9.59 Å². The van der Waals surface area contributed by atoms with E-state index in [0.717, 1.165) is 5.56 Å². The average Bonchev–Trinajstić information content (AvgIpc) is 2.67. The van der Waals surface area contributed by atoms with Gasteiger partial charge in [0.25, 0.3) is 5.91 Å². The Kier molecular flexibility index (Phi) is 5.45. The van der Waals surface area contributed by atoms with Crippen LogP contribution in [0.3, 0.4) is 0 Å². The molecule has 0 saturated carbocycles. The maximum absolute atomic E-state index is 12.8. The quantitative estimate of drug-likeness (QED) is 0.672. The van der Waals surface area contributed by atoms with Crippen LogP contribution in [0, 0.1) is 0 Å². The number of methoxy groups -OCH3 is 1. The van der Waals surface area contributed by atoms with Crippen molar-refractivity contribution in [2.45, 2.75) is 19.9 Å². The lowest BCUT2D eigenvalue weighted by Gasteiger charge is -2.16. The Morgan fingerprint density at radius 1 is 1.15 bits per heavy atom. The van der Waals surface area contributed by atoms with Crippen molar-refractivity contribution in [3.63, 3.8) is 0 Å². The molecule has 1 heterocycles. The zero-order chi connectivity index (χ0) is 19.4. The second-order valence-corrected chi connectivity index (χ2v) is 6.04. The van der Waals surface area contributed by atoms with Crippen LogP contribution in [0.5, 0.6) is 11.5 Å². The van der Waals surface area contributed by atoms with Crippen molar-refractivity contribution in [2.24, 2.45) is 0 Å². The minimum absolute atomic E-state index is 0.263. The van der Waals surface area contributed by atoms with Crippen molar-refractivity contribution >= 4 is 16.9 Å². The van der Waals surface area contributed by atoms with Crippen LogP contribution in [0.1, 0.15) is 35.8 Å². The molecule has 6 nitrogen and oxygen atoms in total. The molecule has 27 heavy (non-hydrogen) atoms. The second-order valence-electron chi connectivity index (χ2n) is 6.04. The molecule has 1 amide bonds. The van der Waals surface area contributed by atoms with Gasteiger partial charge in [0.05, 0.1) is 25.3 Å². The molecule has 3 rings (SSSR count). The molecule has 0 aliphatic heterocycles. The van der Waals surface area contributed by atoms with E-state index in [4.69, 9.17) is 13.9 Å². The summed E-state index contributed by atoms with van der Waals surface area (Å²) in [5.74, 6) is 0.936. The molecule has 1 aromatic heterocycles. The fourth-order valence-electron chi connectivity index (χ4n) is 2.86. The monoisotopic (exact) mass is 367 g/mol. The molecule has 1 N–H and O–H groups in total. The first-order chi connectivity index (χ1) is 13.0. The Morgan fingerprint density at radius 2 is 1.96 bits per heavy atom. The third-order valence-electron chi connectivity index (χ3n) is 4.21. The van der Waals surface area contributed by atoms with Crippen LogP contribution in [0.25, 0.3) is 11.0 Å². The maximum Gasteiger partial charge on any atom is 0.337 e. The van der Waals surface area contributed by atoms with Crippen LogP contribution in [-0.4, -0.2) is 19.6 Å². The molecule has 1 unspecified atom stereocenters. The van der Waals surface area contributed by atoms with Gasteiger partial charge < -0.3 is 19.2 Å². The second kappa shape index (κ2) is 7.95. The van der Waals surface area contributed by atoms with Crippen molar-refractivity contribution in [3.05, 3.63) is 70.1 Å². The number of carbonyl (C=O) groups excluding carboxylic acids is 1. The van der Waals surface area contributed by atoms with Gasteiger partial charge in [0.2, 0.25) is 0 Å². The van der Waals surface area contributed by atoms with Gasteiger partial charge in [-0.1, -0.05) is 12.1 Å². The van der Waals surface area contributed by atoms with Gasteiger partial charge in [0, 0.05) is 17.5 Å². The third kappa shape index (κ3) is 4.11. The Balaban J connectivity index is 1.91. The summed E-state index contributed by atoms with van der Waals surface area (Å²) in [5.41, 5.74) is 0.885. The van der Waals surface area contributed by atoms with Gasteiger partial charge in [0.1, 0.15) is 17.1 Å². The summed E-state index contributed by atoms with van der Waals surface area (Å²) in [6, 6.07) is 13.5.